The highest BCUT2D eigenvalue weighted by Crippen LogP contribution is 2.20. The second-order valence-corrected chi connectivity index (χ2v) is 5.48. The molecule has 2 rings (SSSR count). The van der Waals surface area contributed by atoms with Crippen LogP contribution in [0, 0.1) is 6.92 Å². The van der Waals surface area contributed by atoms with E-state index in [0.29, 0.717) is 10.7 Å². The number of nitrogens with one attached hydrogen (secondary N) is 1. The van der Waals surface area contributed by atoms with Gasteiger partial charge in [-0.1, -0.05) is 27.5 Å². The average molecular weight is 328 g/mol. The van der Waals surface area contributed by atoms with Gasteiger partial charge in [-0.05, 0) is 36.8 Å². The molecule has 3 nitrogen and oxygen atoms in total. The van der Waals surface area contributed by atoms with Crippen LogP contribution in [0.2, 0.25) is 5.02 Å². The maximum atomic E-state index is 12.1. The van der Waals surface area contributed by atoms with Gasteiger partial charge in [0.2, 0.25) is 0 Å². The molecule has 1 N–H and O–H groups in total. The minimum absolute atomic E-state index is 0.179. The van der Waals surface area contributed by atoms with Gasteiger partial charge in [0, 0.05) is 23.4 Å². The van der Waals surface area contributed by atoms with Gasteiger partial charge in [0.1, 0.15) is 5.69 Å². The first-order valence-corrected chi connectivity index (χ1v) is 6.53. The van der Waals surface area contributed by atoms with Crippen molar-refractivity contribution in [3.8, 4) is 0 Å². The summed E-state index contributed by atoms with van der Waals surface area (Å²) in [6.45, 7) is 1.97. The number of aromatic nitrogens is 1. The predicted octanol–water partition coefficient (Wildman–Crippen LogP) is 4.00. The molecular weight excluding hydrogens is 316 g/mol. The number of rotatable bonds is 2. The Kier molecular flexibility index (Phi) is 3.78. The topological polar surface area (TPSA) is 34.0 Å². The summed E-state index contributed by atoms with van der Waals surface area (Å²) in [6.07, 6.45) is 1.70. The molecule has 1 aromatic carbocycles. The fourth-order valence-electron chi connectivity index (χ4n) is 1.75. The first-order valence-electron chi connectivity index (χ1n) is 5.36. The summed E-state index contributed by atoms with van der Waals surface area (Å²) >= 11 is 9.25. The Hall–Kier alpha value is -1.26. The average Bonchev–Trinajstić information content (AvgIpc) is 2.56. The third-order valence-corrected chi connectivity index (χ3v) is 3.17. The number of hydrogen-bond donors (Lipinski definition) is 1. The zero-order valence-corrected chi connectivity index (χ0v) is 12.3. The van der Waals surface area contributed by atoms with E-state index in [1.54, 1.807) is 23.9 Å². The third kappa shape index (κ3) is 2.94. The van der Waals surface area contributed by atoms with E-state index < -0.39 is 0 Å². The van der Waals surface area contributed by atoms with Gasteiger partial charge in [-0.3, -0.25) is 4.79 Å². The molecular formula is C13H12BrClN2O. The fraction of sp³-hybridized carbons (Fsp3) is 0.154. The van der Waals surface area contributed by atoms with Crippen LogP contribution in [-0.4, -0.2) is 10.5 Å². The lowest BCUT2D eigenvalue weighted by atomic mass is 10.2. The highest BCUT2D eigenvalue weighted by Gasteiger charge is 2.11. The summed E-state index contributed by atoms with van der Waals surface area (Å²) in [6, 6.07) is 7.39. The number of hydrogen-bond acceptors (Lipinski definition) is 1. The van der Waals surface area contributed by atoms with Crippen LogP contribution in [0.25, 0.3) is 0 Å². The number of anilines is 1. The molecule has 0 aliphatic rings. The minimum atomic E-state index is -0.179. The first kappa shape index (κ1) is 13.2. The maximum absolute atomic E-state index is 12.1. The van der Waals surface area contributed by atoms with Gasteiger partial charge in [0.05, 0.1) is 5.02 Å². The predicted molar refractivity (Wildman–Crippen MR) is 77.3 cm³/mol. The summed E-state index contributed by atoms with van der Waals surface area (Å²) in [4.78, 5) is 12.1. The normalized spacial score (nSPS) is 10.4. The Morgan fingerprint density at radius 3 is 2.61 bits per heavy atom. The molecule has 94 valence electrons. The largest absolute Gasteiger partial charge is 0.345 e. The highest BCUT2D eigenvalue weighted by molar-refractivity contribution is 9.10. The molecule has 0 spiro atoms. The van der Waals surface area contributed by atoms with Crippen molar-refractivity contribution in [2.75, 3.05) is 5.32 Å². The molecule has 0 aliphatic heterocycles. The van der Waals surface area contributed by atoms with Crippen molar-refractivity contribution in [3.63, 3.8) is 0 Å². The van der Waals surface area contributed by atoms with Crippen LogP contribution in [-0.2, 0) is 7.05 Å². The van der Waals surface area contributed by atoms with E-state index in [4.69, 9.17) is 11.6 Å². The Labute approximate surface area is 119 Å². The molecule has 1 heterocycles. The van der Waals surface area contributed by atoms with Gasteiger partial charge < -0.3 is 9.88 Å². The Bertz CT molecular complexity index is 587. The summed E-state index contributed by atoms with van der Waals surface area (Å²) in [5.74, 6) is -0.179. The van der Waals surface area contributed by atoms with Crippen molar-refractivity contribution >= 4 is 39.1 Å². The van der Waals surface area contributed by atoms with Crippen LogP contribution in [0.3, 0.4) is 0 Å². The molecule has 0 saturated heterocycles. The lowest BCUT2D eigenvalue weighted by molar-refractivity contribution is 0.101. The number of benzene rings is 1. The van der Waals surface area contributed by atoms with Gasteiger partial charge in [-0.25, -0.2) is 0 Å². The van der Waals surface area contributed by atoms with Crippen molar-refractivity contribution < 1.29 is 4.79 Å². The van der Waals surface area contributed by atoms with Crippen molar-refractivity contribution in [1.82, 2.24) is 4.57 Å². The summed E-state index contributed by atoms with van der Waals surface area (Å²) in [5, 5.41) is 3.39. The number of aryl methyl sites for hydroxylation is 2. The number of nitrogens with zero attached hydrogens (tertiary/aromatic N) is 1. The van der Waals surface area contributed by atoms with Crippen LogP contribution in [0.1, 0.15) is 16.1 Å². The molecule has 18 heavy (non-hydrogen) atoms. The van der Waals surface area contributed by atoms with E-state index in [0.717, 1.165) is 15.7 Å². The van der Waals surface area contributed by atoms with Crippen molar-refractivity contribution in [2.45, 2.75) is 6.92 Å². The molecule has 1 aromatic heterocycles. The fourth-order valence-corrected chi connectivity index (χ4v) is 2.61. The van der Waals surface area contributed by atoms with E-state index >= 15 is 0 Å². The van der Waals surface area contributed by atoms with E-state index in [1.807, 2.05) is 25.1 Å². The lowest BCUT2D eigenvalue weighted by Gasteiger charge is -2.07. The Balaban J connectivity index is 2.23. The molecule has 0 saturated carbocycles. The van der Waals surface area contributed by atoms with Crippen LogP contribution in [0.5, 0.6) is 0 Å². The molecule has 0 aliphatic carbocycles. The van der Waals surface area contributed by atoms with Gasteiger partial charge >= 0.3 is 0 Å². The van der Waals surface area contributed by atoms with Gasteiger partial charge in [-0.15, -0.1) is 0 Å². The summed E-state index contributed by atoms with van der Waals surface area (Å²) in [5.41, 5.74) is 2.35. The smallest absolute Gasteiger partial charge is 0.272 e. The van der Waals surface area contributed by atoms with E-state index in [1.165, 1.54) is 0 Å². The second-order valence-electron chi connectivity index (χ2n) is 4.13. The summed E-state index contributed by atoms with van der Waals surface area (Å²) in [7, 11) is 1.78. The number of halogens is 2. The third-order valence-electron chi connectivity index (χ3n) is 2.50. The highest BCUT2D eigenvalue weighted by atomic mass is 79.9. The molecule has 5 heteroatoms. The SMILES string of the molecule is Cc1cc(Br)cc(NC(=O)c2cc(Cl)cn2C)c1. The van der Waals surface area contributed by atoms with E-state index in [-0.39, 0.29) is 5.91 Å². The van der Waals surface area contributed by atoms with Crippen LogP contribution in [0.4, 0.5) is 5.69 Å². The Morgan fingerprint density at radius 1 is 1.33 bits per heavy atom. The number of carbonyl (C=O) groups is 1. The molecule has 0 unspecified atom stereocenters. The maximum Gasteiger partial charge on any atom is 0.272 e. The molecule has 0 bridgehead atoms. The lowest BCUT2D eigenvalue weighted by Crippen LogP contribution is -2.15. The quantitative estimate of drug-likeness (QED) is 0.888. The zero-order chi connectivity index (χ0) is 13.3. The Morgan fingerprint density at radius 2 is 2.06 bits per heavy atom. The molecule has 0 fully saturated rings. The monoisotopic (exact) mass is 326 g/mol. The van der Waals surface area contributed by atoms with Crippen LogP contribution < -0.4 is 5.32 Å². The van der Waals surface area contributed by atoms with Gasteiger partial charge in [0.15, 0.2) is 0 Å². The van der Waals surface area contributed by atoms with Crippen LogP contribution >= 0.6 is 27.5 Å². The first-order chi connectivity index (χ1) is 8.45. The van der Waals surface area contributed by atoms with Gasteiger partial charge in [0.25, 0.3) is 5.91 Å². The molecule has 1 amide bonds. The summed E-state index contributed by atoms with van der Waals surface area (Å²) < 4.78 is 2.63. The number of amides is 1. The zero-order valence-electron chi connectivity index (χ0n) is 10.00. The van der Waals surface area contributed by atoms with Crippen LogP contribution in [0.15, 0.2) is 34.9 Å². The van der Waals surface area contributed by atoms with E-state index in [9.17, 15) is 4.79 Å². The van der Waals surface area contributed by atoms with Gasteiger partial charge in [-0.2, -0.15) is 0 Å². The number of carbonyl (C=O) groups excluding carboxylic acids is 1. The molecule has 0 atom stereocenters. The molecule has 2 aromatic rings. The molecule has 0 radical (unpaired) electrons. The van der Waals surface area contributed by atoms with Crippen molar-refractivity contribution in [2.24, 2.45) is 7.05 Å². The standard InChI is InChI=1S/C13H12BrClN2O/c1-8-3-9(14)5-11(4-8)16-13(18)12-6-10(15)7-17(12)2/h3-7H,1-2H3,(H,16,18). The van der Waals surface area contributed by atoms with E-state index in [2.05, 4.69) is 21.2 Å². The minimum Gasteiger partial charge on any atom is -0.345 e. The second kappa shape index (κ2) is 5.16. The van der Waals surface area contributed by atoms with Crippen molar-refractivity contribution in [1.29, 1.82) is 0 Å². The van der Waals surface area contributed by atoms with Crippen molar-refractivity contribution in [3.05, 3.63) is 51.2 Å².